The van der Waals surface area contributed by atoms with Crippen molar-refractivity contribution in [1.82, 2.24) is 9.78 Å². The van der Waals surface area contributed by atoms with E-state index in [1.807, 2.05) is 0 Å². The number of hydrogen-bond acceptors (Lipinski definition) is 4. The summed E-state index contributed by atoms with van der Waals surface area (Å²) in [7, 11) is -4.28. The van der Waals surface area contributed by atoms with Crippen molar-refractivity contribution in [1.29, 1.82) is 0 Å². The van der Waals surface area contributed by atoms with E-state index >= 15 is 0 Å². The standard InChI is InChI=1S/C16H11ClFN3O4S/c17-11-9-12(18)10(16(22)23)8-15(11)26(24,25)20-13-4-1-2-5-14(13)21-7-3-6-19-21/h1-9,20H,(H,22,23). The molecular formula is C16H11ClFN3O4S. The first-order chi connectivity index (χ1) is 12.3. The van der Waals surface area contributed by atoms with Crippen molar-refractivity contribution in [2.75, 3.05) is 4.72 Å². The molecule has 0 aliphatic rings. The van der Waals surface area contributed by atoms with Gasteiger partial charge in [-0.25, -0.2) is 22.3 Å². The quantitative estimate of drug-likeness (QED) is 0.691. The molecule has 2 N–H and O–H groups in total. The van der Waals surface area contributed by atoms with Gasteiger partial charge in [-0.15, -0.1) is 0 Å². The molecule has 0 saturated carbocycles. The summed E-state index contributed by atoms with van der Waals surface area (Å²) in [6.45, 7) is 0. The lowest BCUT2D eigenvalue weighted by atomic mass is 10.2. The molecule has 10 heteroatoms. The number of hydrogen-bond donors (Lipinski definition) is 2. The van der Waals surface area contributed by atoms with E-state index in [1.54, 1.807) is 30.5 Å². The number of halogens is 2. The minimum Gasteiger partial charge on any atom is -0.478 e. The fourth-order valence-corrected chi connectivity index (χ4v) is 3.89. The summed E-state index contributed by atoms with van der Waals surface area (Å²) in [6, 6.07) is 9.45. The van der Waals surface area contributed by atoms with E-state index in [9.17, 15) is 17.6 Å². The molecule has 0 fully saturated rings. The van der Waals surface area contributed by atoms with Crippen LogP contribution >= 0.6 is 11.6 Å². The van der Waals surface area contributed by atoms with Crippen LogP contribution in [0.3, 0.4) is 0 Å². The van der Waals surface area contributed by atoms with Crippen LogP contribution in [-0.4, -0.2) is 29.3 Å². The molecule has 0 aliphatic carbocycles. The van der Waals surface area contributed by atoms with Gasteiger partial charge in [0.25, 0.3) is 10.0 Å². The summed E-state index contributed by atoms with van der Waals surface area (Å²) < 4.78 is 42.8. The monoisotopic (exact) mass is 395 g/mol. The fraction of sp³-hybridized carbons (Fsp3) is 0. The second-order valence-electron chi connectivity index (χ2n) is 5.14. The summed E-state index contributed by atoms with van der Waals surface area (Å²) in [4.78, 5) is 10.5. The molecule has 7 nitrogen and oxygen atoms in total. The first-order valence-electron chi connectivity index (χ1n) is 7.14. The molecule has 26 heavy (non-hydrogen) atoms. The minimum absolute atomic E-state index is 0.188. The Morgan fingerprint density at radius 3 is 2.62 bits per heavy atom. The Morgan fingerprint density at radius 2 is 1.96 bits per heavy atom. The van der Waals surface area contributed by atoms with Gasteiger partial charge in [0.2, 0.25) is 0 Å². The molecule has 0 bridgehead atoms. The summed E-state index contributed by atoms with van der Waals surface area (Å²) in [5.74, 6) is -2.73. The van der Waals surface area contributed by atoms with Gasteiger partial charge in [0.05, 0.1) is 22.0 Å². The Hall–Kier alpha value is -2.91. The fourth-order valence-electron chi connectivity index (χ4n) is 2.27. The van der Waals surface area contributed by atoms with Gasteiger partial charge in [-0.3, -0.25) is 4.72 Å². The second kappa shape index (κ2) is 6.77. The third-order valence-electron chi connectivity index (χ3n) is 3.44. The van der Waals surface area contributed by atoms with Crippen LogP contribution < -0.4 is 4.72 Å². The highest BCUT2D eigenvalue weighted by Gasteiger charge is 2.24. The van der Waals surface area contributed by atoms with E-state index in [0.717, 1.165) is 0 Å². The van der Waals surface area contributed by atoms with E-state index in [4.69, 9.17) is 16.7 Å². The molecule has 2 aromatic carbocycles. The summed E-state index contributed by atoms with van der Waals surface area (Å²) >= 11 is 5.83. The Kier molecular flexibility index (Phi) is 4.66. The third-order valence-corrected chi connectivity index (χ3v) is 5.27. The zero-order valence-corrected chi connectivity index (χ0v) is 14.5. The molecule has 134 valence electrons. The third kappa shape index (κ3) is 3.39. The van der Waals surface area contributed by atoms with E-state index in [0.29, 0.717) is 17.8 Å². The number of carbonyl (C=O) groups is 1. The smallest absolute Gasteiger partial charge is 0.338 e. The van der Waals surface area contributed by atoms with Crippen molar-refractivity contribution >= 4 is 33.3 Å². The van der Waals surface area contributed by atoms with Gasteiger partial charge in [0, 0.05) is 12.4 Å². The van der Waals surface area contributed by atoms with Crippen molar-refractivity contribution < 1.29 is 22.7 Å². The maximum atomic E-state index is 13.7. The number of anilines is 1. The van der Waals surface area contributed by atoms with Crippen molar-refractivity contribution in [2.45, 2.75) is 4.90 Å². The lowest BCUT2D eigenvalue weighted by Gasteiger charge is -2.14. The Balaban J connectivity index is 2.07. The SMILES string of the molecule is O=C(O)c1cc(S(=O)(=O)Nc2ccccc2-n2cccn2)c(Cl)cc1F. The second-order valence-corrected chi connectivity index (χ2v) is 7.20. The van der Waals surface area contributed by atoms with Crippen LogP contribution in [0.1, 0.15) is 10.4 Å². The van der Waals surface area contributed by atoms with E-state index in [2.05, 4.69) is 9.82 Å². The first kappa shape index (κ1) is 17.9. The number of carboxylic acid groups (broad SMARTS) is 1. The van der Waals surface area contributed by atoms with Gasteiger partial charge >= 0.3 is 5.97 Å². The van der Waals surface area contributed by atoms with E-state index in [-0.39, 0.29) is 5.69 Å². The largest absolute Gasteiger partial charge is 0.478 e. The molecular weight excluding hydrogens is 385 g/mol. The number of para-hydroxylation sites is 2. The number of nitrogens with one attached hydrogen (secondary N) is 1. The van der Waals surface area contributed by atoms with Gasteiger partial charge in [-0.1, -0.05) is 23.7 Å². The normalized spacial score (nSPS) is 11.3. The number of rotatable bonds is 5. The highest BCUT2D eigenvalue weighted by Crippen LogP contribution is 2.29. The van der Waals surface area contributed by atoms with Crippen LogP contribution in [0, 0.1) is 5.82 Å². The topological polar surface area (TPSA) is 101 Å². The van der Waals surface area contributed by atoms with E-state index in [1.165, 1.54) is 16.9 Å². The molecule has 0 amide bonds. The van der Waals surface area contributed by atoms with Crippen LogP contribution in [0.15, 0.2) is 59.8 Å². The van der Waals surface area contributed by atoms with Gasteiger partial charge in [0.1, 0.15) is 10.7 Å². The molecule has 3 rings (SSSR count). The van der Waals surface area contributed by atoms with Crippen molar-refractivity contribution in [3.63, 3.8) is 0 Å². The van der Waals surface area contributed by atoms with Crippen molar-refractivity contribution in [3.8, 4) is 5.69 Å². The van der Waals surface area contributed by atoms with Crippen molar-refractivity contribution in [2.24, 2.45) is 0 Å². The maximum Gasteiger partial charge on any atom is 0.338 e. The molecule has 0 radical (unpaired) electrons. The Morgan fingerprint density at radius 1 is 1.23 bits per heavy atom. The van der Waals surface area contributed by atoms with Crippen LogP contribution in [0.2, 0.25) is 5.02 Å². The lowest BCUT2D eigenvalue weighted by molar-refractivity contribution is 0.0691. The number of nitrogens with zero attached hydrogens (tertiary/aromatic N) is 2. The molecule has 0 saturated heterocycles. The average molecular weight is 396 g/mol. The Bertz CT molecular complexity index is 1080. The summed E-state index contributed by atoms with van der Waals surface area (Å²) in [5, 5.41) is 12.6. The van der Waals surface area contributed by atoms with Gasteiger partial charge in [-0.05, 0) is 30.3 Å². The zero-order chi connectivity index (χ0) is 18.9. The number of aromatic nitrogens is 2. The minimum atomic E-state index is -4.28. The van der Waals surface area contributed by atoms with Gasteiger partial charge < -0.3 is 5.11 Å². The zero-order valence-electron chi connectivity index (χ0n) is 12.9. The molecule has 3 aromatic rings. The maximum absolute atomic E-state index is 13.7. The molecule has 1 aromatic heterocycles. The predicted molar refractivity (Wildman–Crippen MR) is 92.7 cm³/mol. The van der Waals surface area contributed by atoms with Gasteiger partial charge in [-0.2, -0.15) is 5.10 Å². The lowest BCUT2D eigenvalue weighted by Crippen LogP contribution is -2.16. The van der Waals surface area contributed by atoms with Gasteiger partial charge in [0.15, 0.2) is 0 Å². The Labute approximate surface area is 152 Å². The molecule has 0 spiro atoms. The molecule has 0 atom stereocenters. The van der Waals surface area contributed by atoms with Crippen LogP contribution in [0.4, 0.5) is 10.1 Å². The molecule has 0 aliphatic heterocycles. The summed E-state index contributed by atoms with van der Waals surface area (Å²) in [6.07, 6.45) is 3.15. The highest BCUT2D eigenvalue weighted by atomic mass is 35.5. The summed E-state index contributed by atoms with van der Waals surface area (Å²) in [5.41, 5.74) is -0.165. The van der Waals surface area contributed by atoms with Crippen LogP contribution in [0.5, 0.6) is 0 Å². The van der Waals surface area contributed by atoms with Crippen molar-refractivity contribution in [3.05, 3.63) is 71.3 Å². The number of sulfonamides is 1. The molecule has 1 heterocycles. The molecule has 0 unspecified atom stereocenters. The van der Waals surface area contributed by atoms with Crippen LogP contribution in [0.25, 0.3) is 5.69 Å². The number of carboxylic acids is 1. The predicted octanol–water partition coefficient (Wildman–Crippen LogP) is 3.16. The first-order valence-corrected chi connectivity index (χ1v) is 9.00. The average Bonchev–Trinajstić information content (AvgIpc) is 3.08. The highest BCUT2D eigenvalue weighted by molar-refractivity contribution is 7.92. The number of aromatic carboxylic acids is 1. The van der Waals surface area contributed by atoms with Crippen LogP contribution in [-0.2, 0) is 10.0 Å². The van der Waals surface area contributed by atoms with E-state index < -0.39 is 37.3 Å². The number of benzene rings is 2.